The maximum atomic E-state index is 13.8. The van der Waals surface area contributed by atoms with Gasteiger partial charge in [-0.2, -0.15) is 0 Å². The number of benzene rings is 2. The first-order chi connectivity index (χ1) is 9.31. The monoisotopic (exact) mass is 347 g/mol. The molecule has 2 rings (SSSR count). The van der Waals surface area contributed by atoms with E-state index in [9.17, 15) is 17.6 Å². The summed E-state index contributed by atoms with van der Waals surface area (Å²) in [7, 11) is 0. The molecule has 0 aliphatic rings. The number of halogens is 5. The van der Waals surface area contributed by atoms with Gasteiger partial charge in [0.1, 0.15) is 23.3 Å². The number of hydrogen-bond donors (Lipinski definition) is 1. The van der Waals surface area contributed by atoms with Gasteiger partial charge in [0.2, 0.25) is 0 Å². The van der Waals surface area contributed by atoms with Crippen molar-refractivity contribution >= 4 is 15.9 Å². The zero-order valence-electron chi connectivity index (χ0n) is 10.4. The topological polar surface area (TPSA) is 26.0 Å². The van der Waals surface area contributed by atoms with Gasteiger partial charge < -0.3 is 5.73 Å². The van der Waals surface area contributed by atoms with E-state index in [2.05, 4.69) is 15.9 Å². The molecule has 2 aromatic rings. The predicted octanol–water partition coefficient (Wildman–Crippen LogP) is 4.36. The van der Waals surface area contributed by atoms with Crippen LogP contribution in [0, 0.1) is 30.2 Å². The zero-order valence-corrected chi connectivity index (χ0v) is 11.9. The Labute approximate surface area is 121 Å². The van der Waals surface area contributed by atoms with Gasteiger partial charge in [-0.15, -0.1) is 0 Å². The van der Waals surface area contributed by atoms with E-state index in [0.717, 1.165) is 18.2 Å². The Kier molecular flexibility index (Phi) is 4.15. The van der Waals surface area contributed by atoms with Gasteiger partial charge in [-0.1, -0.05) is 15.9 Å². The summed E-state index contributed by atoms with van der Waals surface area (Å²) < 4.78 is 54.8. The summed E-state index contributed by atoms with van der Waals surface area (Å²) in [4.78, 5) is 0. The highest BCUT2D eigenvalue weighted by Crippen LogP contribution is 2.30. The van der Waals surface area contributed by atoms with Crippen LogP contribution in [0.15, 0.2) is 28.7 Å². The first-order valence-electron chi connectivity index (χ1n) is 5.66. The fourth-order valence-corrected chi connectivity index (χ4v) is 2.33. The van der Waals surface area contributed by atoms with E-state index in [0.29, 0.717) is 6.07 Å². The Hall–Kier alpha value is -1.40. The molecular formula is C14H10BrF4N. The molecule has 2 N–H and O–H groups in total. The highest BCUT2D eigenvalue weighted by Gasteiger charge is 2.22. The van der Waals surface area contributed by atoms with Crippen LogP contribution < -0.4 is 5.73 Å². The molecule has 0 bridgehead atoms. The van der Waals surface area contributed by atoms with Crippen LogP contribution in [0.4, 0.5) is 17.6 Å². The molecule has 2 aromatic carbocycles. The minimum atomic E-state index is -1.36. The highest BCUT2D eigenvalue weighted by molar-refractivity contribution is 9.10. The van der Waals surface area contributed by atoms with E-state index in [-0.39, 0.29) is 15.6 Å². The van der Waals surface area contributed by atoms with E-state index in [1.807, 2.05) is 0 Å². The molecule has 20 heavy (non-hydrogen) atoms. The maximum Gasteiger partial charge on any atom is 0.132 e. The second-order valence-electron chi connectivity index (χ2n) is 4.38. The first kappa shape index (κ1) is 15.0. The summed E-state index contributed by atoms with van der Waals surface area (Å²) in [5, 5.41) is 0. The van der Waals surface area contributed by atoms with Crippen molar-refractivity contribution in [3.63, 3.8) is 0 Å². The average molecular weight is 348 g/mol. The molecule has 0 spiro atoms. The van der Waals surface area contributed by atoms with E-state index < -0.39 is 34.9 Å². The van der Waals surface area contributed by atoms with Crippen LogP contribution in [0.5, 0.6) is 0 Å². The summed E-state index contributed by atoms with van der Waals surface area (Å²) in [6, 6.07) is 2.51. The lowest BCUT2D eigenvalue weighted by Gasteiger charge is -2.16. The third-order valence-corrected chi connectivity index (χ3v) is 3.43. The standard InChI is InChI=1S/C14H10BrF4N/c1-6-2-8(10(17)5-9(6)16)14(20)13-11(18)3-7(15)4-12(13)19/h2-5,14H,20H2,1H3. The Morgan fingerprint density at radius 1 is 0.900 bits per heavy atom. The third kappa shape index (κ3) is 2.71. The molecule has 1 nitrogen and oxygen atoms in total. The molecule has 0 aliphatic carbocycles. The molecule has 1 unspecified atom stereocenters. The molecule has 6 heteroatoms. The van der Waals surface area contributed by atoms with Crippen molar-refractivity contribution in [2.24, 2.45) is 5.73 Å². The number of aryl methyl sites for hydroxylation is 1. The largest absolute Gasteiger partial charge is 0.320 e. The molecule has 106 valence electrons. The molecule has 0 heterocycles. The summed E-state index contributed by atoms with van der Waals surface area (Å²) >= 11 is 2.94. The van der Waals surface area contributed by atoms with Gasteiger partial charge in [0, 0.05) is 21.7 Å². The average Bonchev–Trinajstić information content (AvgIpc) is 2.32. The summed E-state index contributed by atoms with van der Waals surface area (Å²) in [6.07, 6.45) is 0. The SMILES string of the molecule is Cc1cc(C(N)c2c(F)cc(Br)cc2F)c(F)cc1F. The van der Waals surface area contributed by atoms with Gasteiger partial charge >= 0.3 is 0 Å². The Bertz CT molecular complexity index is 649. The lowest BCUT2D eigenvalue weighted by Crippen LogP contribution is -2.17. The van der Waals surface area contributed by atoms with Gasteiger partial charge in [0.15, 0.2) is 0 Å². The molecule has 0 aliphatic heterocycles. The quantitative estimate of drug-likeness (QED) is 0.802. The Balaban J connectivity index is 2.57. The molecule has 0 fully saturated rings. The van der Waals surface area contributed by atoms with Gasteiger partial charge in [0.05, 0.1) is 6.04 Å². The minimum Gasteiger partial charge on any atom is -0.320 e. The molecule has 0 saturated heterocycles. The van der Waals surface area contributed by atoms with Crippen molar-refractivity contribution in [1.82, 2.24) is 0 Å². The van der Waals surface area contributed by atoms with E-state index in [1.165, 1.54) is 6.92 Å². The van der Waals surface area contributed by atoms with Gasteiger partial charge in [-0.3, -0.25) is 0 Å². The molecule has 0 saturated carbocycles. The van der Waals surface area contributed by atoms with Crippen LogP contribution >= 0.6 is 15.9 Å². The van der Waals surface area contributed by atoms with Crippen LogP contribution in [-0.4, -0.2) is 0 Å². The summed E-state index contributed by atoms with van der Waals surface area (Å²) in [6.45, 7) is 1.42. The number of nitrogens with two attached hydrogens (primary N) is 1. The fraction of sp³-hybridized carbons (Fsp3) is 0.143. The van der Waals surface area contributed by atoms with Crippen LogP contribution in [0.25, 0.3) is 0 Å². The molecule has 0 radical (unpaired) electrons. The second kappa shape index (κ2) is 5.54. The van der Waals surface area contributed by atoms with E-state index in [1.54, 1.807) is 0 Å². The smallest absolute Gasteiger partial charge is 0.132 e. The molecule has 1 atom stereocenters. The Morgan fingerprint density at radius 3 is 2.00 bits per heavy atom. The highest BCUT2D eigenvalue weighted by atomic mass is 79.9. The molecular weight excluding hydrogens is 338 g/mol. The van der Waals surface area contributed by atoms with Crippen molar-refractivity contribution in [3.05, 3.63) is 68.7 Å². The van der Waals surface area contributed by atoms with Crippen LogP contribution in [0.1, 0.15) is 22.7 Å². The summed E-state index contributed by atoms with van der Waals surface area (Å²) in [5.41, 5.74) is 5.25. The van der Waals surface area contributed by atoms with Crippen LogP contribution in [-0.2, 0) is 0 Å². The lowest BCUT2D eigenvalue weighted by molar-refractivity contribution is 0.526. The maximum absolute atomic E-state index is 13.8. The van der Waals surface area contributed by atoms with Crippen LogP contribution in [0.2, 0.25) is 0 Å². The predicted molar refractivity (Wildman–Crippen MR) is 71.2 cm³/mol. The van der Waals surface area contributed by atoms with Gasteiger partial charge in [-0.05, 0) is 30.7 Å². The second-order valence-corrected chi connectivity index (χ2v) is 5.30. The minimum absolute atomic E-state index is 0.148. The van der Waals surface area contributed by atoms with E-state index in [4.69, 9.17) is 5.73 Å². The van der Waals surface area contributed by atoms with Crippen molar-refractivity contribution in [1.29, 1.82) is 0 Å². The van der Waals surface area contributed by atoms with Gasteiger partial charge in [0.25, 0.3) is 0 Å². The van der Waals surface area contributed by atoms with Crippen molar-refractivity contribution in [2.45, 2.75) is 13.0 Å². The zero-order chi connectivity index (χ0) is 15.0. The first-order valence-corrected chi connectivity index (χ1v) is 6.46. The fourth-order valence-electron chi connectivity index (χ4n) is 1.92. The normalized spacial score (nSPS) is 12.6. The lowest BCUT2D eigenvalue weighted by atomic mass is 9.96. The van der Waals surface area contributed by atoms with Crippen LogP contribution in [0.3, 0.4) is 0 Å². The third-order valence-electron chi connectivity index (χ3n) is 2.97. The summed E-state index contributed by atoms with van der Waals surface area (Å²) in [5.74, 6) is -3.48. The number of hydrogen-bond acceptors (Lipinski definition) is 1. The van der Waals surface area contributed by atoms with Gasteiger partial charge in [-0.25, -0.2) is 17.6 Å². The molecule has 0 amide bonds. The van der Waals surface area contributed by atoms with Crippen molar-refractivity contribution in [3.8, 4) is 0 Å². The van der Waals surface area contributed by atoms with Crippen molar-refractivity contribution < 1.29 is 17.6 Å². The Morgan fingerprint density at radius 2 is 1.45 bits per heavy atom. The number of rotatable bonds is 2. The molecule has 0 aromatic heterocycles. The van der Waals surface area contributed by atoms with Crippen molar-refractivity contribution in [2.75, 3.05) is 0 Å². The van der Waals surface area contributed by atoms with E-state index >= 15 is 0 Å².